The molecule has 1 fully saturated rings. The van der Waals surface area contributed by atoms with Crippen LogP contribution in [0.2, 0.25) is 0 Å². The summed E-state index contributed by atoms with van der Waals surface area (Å²) in [7, 11) is 0. The lowest BCUT2D eigenvalue weighted by Gasteiger charge is -2.26. The van der Waals surface area contributed by atoms with Gasteiger partial charge in [0.1, 0.15) is 0 Å². The van der Waals surface area contributed by atoms with Gasteiger partial charge in [0.2, 0.25) is 5.91 Å². The first-order chi connectivity index (χ1) is 9.72. The lowest BCUT2D eigenvalue weighted by molar-refractivity contribution is -0.128. The Bertz CT molecular complexity index is 394. The molecular formula is C16H33IN4O. The van der Waals surface area contributed by atoms with E-state index in [1.165, 1.54) is 6.42 Å². The molecule has 0 aliphatic carbocycles. The highest BCUT2D eigenvalue weighted by atomic mass is 127. The number of hydrogen-bond acceptors (Lipinski definition) is 2. The van der Waals surface area contributed by atoms with E-state index in [9.17, 15) is 4.79 Å². The molecular weight excluding hydrogens is 391 g/mol. The smallest absolute Gasteiger partial charge is 0.227 e. The summed E-state index contributed by atoms with van der Waals surface area (Å²) in [5.41, 5.74) is -0.142. The van der Waals surface area contributed by atoms with E-state index in [-0.39, 0.29) is 29.9 Å². The summed E-state index contributed by atoms with van der Waals surface area (Å²) in [5.74, 6) is 0.992. The summed E-state index contributed by atoms with van der Waals surface area (Å²) in [5, 5.41) is 6.23. The molecule has 1 aliphatic rings. The van der Waals surface area contributed by atoms with Gasteiger partial charge < -0.3 is 15.5 Å². The second-order valence-electron chi connectivity index (χ2n) is 7.25. The third-order valence-electron chi connectivity index (χ3n) is 3.89. The molecule has 130 valence electrons. The second-order valence-corrected chi connectivity index (χ2v) is 7.25. The molecule has 1 heterocycles. The number of amides is 1. The molecule has 0 aromatic heterocycles. The third-order valence-corrected chi connectivity index (χ3v) is 3.89. The average molecular weight is 424 g/mol. The van der Waals surface area contributed by atoms with E-state index in [1.54, 1.807) is 0 Å². The topological polar surface area (TPSA) is 56.7 Å². The second kappa shape index (κ2) is 8.93. The van der Waals surface area contributed by atoms with Crippen LogP contribution in [0.4, 0.5) is 0 Å². The summed E-state index contributed by atoms with van der Waals surface area (Å²) in [4.78, 5) is 19.1. The molecule has 0 spiro atoms. The Morgan fingerprint density at radius 2 is 1.82 bits per heavy atom. The quantitative estimate of drug-likeness (QED) is 0.405. The zero-order chi connectivity index (χ0) is 16.1. The molecule has 1 saturated heterocycles. The number of nitrogens with one attached hydrogen (secondary N) is 2. The summed E-state index contributed by atoms with van der Waals surface area (Å²) < 4.78 is 0. The number of likely N-dealkylation sites (tertiary alicyclic amines) is 1. The fourth-order valence-electron chi connectivity index (χ4n) is 2.46. The van der Waals surface area contributed by atoms with Crippen molar-refractivity contribution in [3.05, 3.63) is 0 Å². The monoisotopic (exact) mass is 424 g/mol. The highest BCUT2D eigenvalue weighted by Crippen LogP contribution is 2.28. The van der Waals surface area contributed by atoms with Gasteiger partial charge in [-0.1, -0.05) is 13.8 Å². The van der Waals surface area contributed by atoms with Gasteiger partial charge in [0.15, 0.2) is 5.96 Å². The lowest BCUT2D eigenvalue weighted by atomic mass is 9.92. The van der Waals surface area contributed by atoms with E-state index >= 15 is 0 Å². The van der Waals surface area contributed by atoms with Crippen molar-refractivity contribution in [3.63, 3.8) is 0 Å². The van der Waals surface area contributed by atoms with Crippen molar-refractivity contribution < 1.29 is 4.79 Å². The summed E-state index contributed by atoms with van der Waals surface area (Å²) in [6.07, 6.45) is 1.18. The van der Waals surface area contributed by atoms with Crippen LogP contribution in [0.5, 0.6) is 0 Å². The highest BCUT2D eigenvalue weighted by molar-refractivity contribution is 14.0. The molecule has 0 radical (unpaired) electrons. The first-order valence-corrected chi connectivity index (χ1v) is 8.03. The van der Waals surface area contributed by atoms with Gasteiger partial charge in [0, 0.05) is 26.2 Å². The van der Waals surface area contributed by atoms with E-state index in [4.69, 9.17) is 4.99 Å². The molecule has 0 atom stereocenters. The fourth-order valence-corrected chi connectivity index (χ4v) is 2.46. The molecule has 0 saturated carbocycles. The zero-order valence-electron chi connectivity index (χ0n) is 15.0. The number of guanidine groups is 1. The summed E-state index contributed by atoms with van der Waals surface area (Å²) >= 11 is 0. The predicted octanol–water partition coefficient (Wildman–Crippen LogP) is 2.46. The molecule has 5 nitrogen and oxygen atoms in total. The number of hydrogen-bond donors (Lipinski definition) is 2. The van der Waals surface area contributed by atoms with E-state index in [0.29, 0.717) is 18.5 Å². The standard InChI is InChI=1S/C16H32N4O.HI/c1-7-17-13(21)16(5,6)11-19-14(18-8-2)20-10-9-15(3,4)12-20;/h7-12H2,1-6H3,(H,17,21)(H,18,19);1H. The molecule has 1 amide bonds. The Labute approximate surface area is 152 Å². The van der Waals surface area contributed by atoms with Crippen LogP contribution in [0.25, 0.3) is 0 Å². The van der Waals surface area contributed by atoms with Crippen LogP contribution in [0.1, 0.15) is 48.0 Å². The first kappa shape index (κ1) is 21.5. The van der Waals surface area contributed by atoms with Gasteiger partial charge in [0.25, 0.3) is 0 Å². The van der Waals surface area contributed by atoms with Crippen molar-refractivity contribution >= 4 is 35.8 Å². The van der Waals surface area contributed by atoms with Crippen molar-refractivity contribution in [2.75, 3.05) is 32.7 Å². The van der Waals surface area contributed by atoms with Crippen molar-refractivity contribution in [1.29, 1.82) is 0 Å². The van der Waals surface area contributed by atoms with E-state index in [2.05, 4.69) is 36.3 Å². The van der Waals surface area contributed by atoms with Gasteiger partial charge in [-0.15, -0.1) is 24.0 Å². The van der Waals surface area contributed by atoms with E-state index in [1.807, 2.05) is 20.8 Å². The molecule has 0 aromatic carbocycles. The van der Waals surface area contributed by atoms with Crippen LogP contribution in [0.3, 0.4) is 0 Å². The normalized spacial score (nSPS) is 17.9. The zero-order valence-corrected chi connectivity index (χ0v) is 17.3. The van der Waals surface area contributed by atoms with Crippen LogP contribution in [-0.2, 0) is 4.79 Å². The Morgan fingerprint density at radius 1 is 1.23 bits per heavy atom. The first-order valence-electron chi connectivity index (χ1n) is 8.03. The number of halogens is 1. The van der Waals surface area contributed by atoms with Crippen LogP contribution in [-0.4, -0.2) is 49.5 Å². The summed E-state index contributed by atoms with van der Waals surface area (Å²) in [6.45, 7) is 16.5. The number of aliphatic imine (C=N–C) groups is 1. The van der Waals surface area contributed by atoms with Gasteiger partial charge >= 0.3 is 0 Å². The van der Waals surface area contributed by atoms with Crippen molar-refractivity contribution in [3.8, 4) is 0 Å². The average Bonchev–Trinajstić information content (AvgIpc) is 2.75. The molecule has 1 aliphatic heterocycles. The van der Waals surface area contributed by atoms with Gasteiger partial charge in [-0.25, -0.2) is 0 Å². The molecule has 0 aromatic rings. The number of rotatable bonds is 5. The molecule has 2 N–H and O–H groups in total. The van der Waals surface area contributed by atoms with Gasteiger partial charge in [0.05, 0.1) is 12.0 Å². The number of nitrogens with zero attached hydrogens (tertiary/aromatic N) is 2. The number of carbonyl (C=O) groups is 1. The van der Waals surface area contributed by atoms with Crippen LogP contribution in [0.15, 0.2) is 4.99 Å². The summed E-state index contributed by atoms with van der Waals surface area (Å²) in [6, 6.07) is 0. The molecule has 0 unspecified atom stereocenters. The van der Waals surface area contributed by atoms with Gasteiger partial charge in [-0.05, 0) is 39.5 Å². The highest BCUT2D eigenvalue weighted by Gasteiger charge is 2.32. The molecule has 1 rings (SSSR count). The van der Waals surface area contributed by atoms with Crippen LogP contribution >= 0.6 is 24.0 Å². The lowest BCUT2D eigenvalue weighted by Crippen LogP contribution is -2.43. The Kier molecular flexibility index (Phi) is 8.72. The molecule has 0 bridgehead atoms. The van der Waals surface area contributed by atoms with Gasteiger partial charge in [-0.3, -0.25) is 9.79 Å². The van der Waals surface area contributed by atoms with Gasteiger partial charge in [-0.2, -0.15) is 0 Å². The molecule has 6 heteroatoms. The van der Waals surface area contributed by atoms with E-state index in [0.717, 1.165) is 25.6 Å². The maximum absolute atomic E-state index is 12.0. The van der Waals surface area contributed by atoms with Crippen molar-refractivity contribution in [2.24, 2.45) is 15.8 Å². The fraction of sp³-hybridized carbons (Fsp3) is 0.875. The third kappa shape index (κ3) is 6.30. The van der Waals surface area contributed by atoms with Crippen molar-refractivity contribution in [2.45, 2.75) is 48.0 Å². The predicted molar refractivity (Wildman–Crippen MR) is 104 cm³/mol. The Morgan fingerprint density at radius 3 is 2.27 bits per heavy atom. The largest absolute Gasteiger partial charge is 0.357 e. The minimum Gasteiger partial charge on any atom is -0.357 e. The number of carbonyl (C=O) groups excluding carboxylic acids is 1. The maximum atomic E-state index is 12.0. The van der Waals surface area contributed by atoms with E-state index < -0.39 is 5.41 Å². The van der Waals surface area contributed by atoms with Crippen molar-refractivity contribution in [1.82, 2.24) is 15.5 Å². The van der Waals surface area contributed by atoms with Crippen LogP contribution in [0, 0.1) is 10.8 Å². The molecule has 22 heavy (non-hydrogen) atoms. The minimum atomic E-state index is -0.480. The minimum absolute atomic E-state index is 0. The Hall–Kier alpha value is -0.530. The Balaban J connectivity index is 0.00000441. The SMILES string of the molecule is CCNC(=O)C(C)(C)CN=C(NCC)N1CCC(C)(C)C1.I. The van der Waals surface area contributed by atoms with Crippen LogP contribution < -0.4 is 10.6 Å². The maximum Gasteiger partial charge on any atom is 0.227 e.